The largest absolute Gasteiger partial charge is 0.364 e. The monoisotopic (exact) mass is 233 g/mol. The molecule has 1 heterocycles. The highest BCUT2D eigenvalue weighted by Crippen LogP contribution is 2.13. The van der Waals surface area contributed by atoms with E-state index in [1.807, 2.05) is 31.2 Å². The third-order valence-electron chi connectivity index (χ3n) is 2.23. The van der Waals surface area contributed by atoms with Gasteiger partial charge in [0.05, 0.1) is 5.69 Å². The molecule has 0 radical (unpaired) electrons. The maximum absolute atomic E-state index is 5.90. The summed E-state index contributed by atoms with van der Waals surface area (Å²) in [7, 11) is 0. The highest BCUT2D eigenvalue weighted by atomic mass is 35.5. The molecule has 2 aromatic rings. The van der Waals surface area contributed by atoms with E-state index in [1.165, 1.54) is 0 Å². The van der Waals surface area contributed by atoms with Crippen LogP contribution >= 0.6 is 11.6 Å². The molecule has 1 aromatic heterocycles. The molecule has 4 heteroatoms. The van der Waals surface area contributed by atoms with Crippen LogP contribution in [-0.4, -0.2) is 9.97 Å². The number of hydrogen-bond donors (Lipinski definition) is 1. The van der Waals surface area contributed by atoms with Crippen molar-refractivity contribution in [1.29, 1.82) is 0 Å². The Labute approximate surface area is 99.5 Å². The molecule has 0 spiro atoms. The molecule has 2 rings (SSSR count). The van der Waals surface area contributed by atoms with Crippen LogP contribution in [0, 0.1) is 6.92 Å². The molecule has 0 aliphatic rings. The van der Waals surface area contributed by atoms with E-state index in [0.717, 1.165) is 22.1 Å². The van der Waals surface area contributed by atoms with Crippen molar-refractivity contribution in [3.8, 4) is 0 Å². The average Bonchev–Trinajstić information content (AvgIpc) is 2.28. The molecule has 82 valence electrons. The third kappa shape index (κ3) is 2.70. The summed E-state index contributed by atoms with van der Waals surface area (Å²) in [5.74, 6) is 0.808. The smallest absolute Gasteiger partial charge is 0.147 e. The summed E-state index contributed by atoms with van der Waals surface area (Å²) >= 11 is 5.90. The van der Waals surface area contributed by atoms with E-state index in [9.17, 15) is 0 Å². The molecule has 0 saturated carbocycles. The van der Waals surface area contributed by atoms with Crippen molar-refractivity contribution in [3.63, 3.8) is 0 Å². The van der Waals surface area contributed by atoms with Gasteiger partial charge in [0, 0.05) is 24.0 Å². The first-order valence-corrected chi connectivity index (χ1v) is 5.39. The van der Waals surface area contributed by atoms with Gasteiger partial charge in [-0.2, -0.15) is 0 Å². The van der Waals surface area contributed by atoms with Crippen molar-refractivity contribution in [2.24, 2.45) is 0 Å². The fraction of sp³-hybridized carbons (Fsp3) is 0.167. The second-order valence-corrected chi connectivity index (χ2v) is 3.91. The summed E-state index contributed by atoms with van der Waals surface area (Å²) in [6.07, 6.45) is 3.35. The Kier molecular flexibility index (Phi) is 3.37. The van der Waals surface area contributed by atoms with Gasteiger partial charge in [0.15, 0.2) is 0 Å². The summed E-state index contributed by atoms with van der Waals surface area (Å²) in [5, 5.41) is 3.97. The van der Waals surface area contributed by atoms with Gasteiger partial charge in [0.1, 0.15) is 5.82 Å². The van der Waals surface area contributed by atoms with Gasteiger partial charge in [-0.3, -0.25) is 4.98 Å². The van der Waals surface area contributed by atoms with Crippen molar-refractivity contribution < 1.29 is 0 Å². The summed E-state index contributed by atoms with van der Waals surface area (Å²) < 4.78 is 0. The Morgan fingerprint density at radius 3 is 2.81 bits per heavy atom. The first kappa shape index (κ1) is 10.9. The average molecular weight is 234 g/mol. The number of aryl methyl sites for hydroxylation is 1. The number of benzene rings is 1. The number of nitrogens with zero attached hydrogens (tertiary/aromatic N) is 2. The number of anilines is 1. The van der Waals surface area contributed by atoms with Crippen LogP contribution in [0.2, 0.25) is 5.02 Å². The fourth-order valence-corrected chi connectivity index (χ4v) is 1.63. The van der Waals surface area contributed by atoms with E-state index < -0.39 is 0 Å². The van der Waals surface area contributed by atoms with Crippen LogP contribution < -0.4 is 5.32 Å². The Hall–Kier alpha value is -1.61. The minimum atomic E-state index is 0.695. The van der Waals surface area contributed by atoms with E-state index in [2.05, 4.69) is 15.3 Å². The van der Waals surface area contributed by atoms with Crippen LogP contribution in [0.15, 0.2) is 36.7 Å². The predicted molar refractivity (Wildman–Crippen MR) is 65.5 cm³/mol. The highest BCUT2D eigenvalue weighted by molar-refractivity contribution is 6.30. The normalized spacial score (nSPS) is 10.1. The quantitative estimate of drug-likeness (QED) is 0.886. The molecular formula is C12H12ClN3. The van der Waals surface area contributed by atoms with Crippen molar-refractivity contribution in [3.05, 3.63) is 52.9 Å². The zero-order chi connectivity index (χ0) is 11.4. The second-order valence-electron chi connectivity index (χ2n) is 3.47. The lowest BCUT2D eigenvalue weighted by molar-refractivity contribution is 1.05. The lowest BCUT2D eigenvalue weighted by Gasteiger charge is -2.07. The molecule has 0 saturated heterocycles. The van der Waals surface area contributed by atoms with Gasteiger partial charge >= 0.3 is 0 Å². The van der Waals surface area contributed by atoms with Crippen LogP contribution in [0.3, 0.4) is 0 Å². The Morgan fingerprint density at radius 2 is 2.06 bits per heavy atom. The van der Waals surface area contributed by atoms with Gasteiger partial charge < -0.3 is 5.32 Å². The SMILES string of the molecule is Cc1nccnc1NCc1cccc(Cl)c1. The van der Waals surface area contributed by atoms with Crippen LogP contribution in [0.4, 0.5) is 5.82 Å². The first-order chi connectivity index (χ1) is 7.75. The molecule has 16 heavy (non-hydrogen) atoms. The predicted octanol–water partition coefficient (Wildman–Crippen LogP) is 3.05. The first-order valence-electron chi connectivity index (χ1n) is 5.01. The Balaban J connectivity index is 2.05. The van der Waals surface area contributed by atoms with Crippen LogP contribution in [-0.2, 0) is 6.54 Å². The maximum atomic E-state index is 5.90. The maximum Gasteiger partial charge on any atom is 0.147 e. The van der Waals surface area contributed by atoms with Gasteiger partial charge in [0.25, 0.3) is 0 Å². The highest BCUT2D eigenvalue weighted by Gasteiger charge is 1.99. The number of halogens is 1. The van der Waals surface area contributed by atoms with Crippen molar-refractivity contribution >= 4 is 17.4 Å². The van der Waals surface area contributed by atoms with E-state index >= 15 is 0 Å². The molecule has 0 aliphatic carbocycles. The van der Waals surface area contributed by atoms with E-state index in [1.54, 1.807) is 12.4 Å². The van der Waals surface area contributed by atoms with Crippen molar-refractivity contribution in [1.82, 2.24) is 9.97 Å². The Bertz CT molecular complexity index is 485. The molecule has 0 aliphatic heterocycles. The van der Waals surface area contributed by atoms with Crippen molar-refractivity contribution in [2.75, 3.05) is 5.32 Å². The zero-order valence-electron chi connectivity index (χ0n) is 8.94. The fourth-order valence-electron chi connectivity index (χ4n) is 1.41. The number of nitrogens with one attached hydrogen (secondary N) is 1. The number of rotatable bonds is 3. The summed E-state index contributed by atoms with van der Waals surface area (Å²) in [6.45, 7) is 2.62. The van der Waals surface area contributed by atoms with Gasteiger partial charge in [-0.05, 0) is 24.6 Å². The van der Waals surface area contributed by atoms with Crippen LogP contribution in [0.1, 0.15) is 11.3 Å². The van der Waals surface area contributed by atoms with Crippen LogP contribution in [0.25, 0.3) is 0 Å². The summed E-state index contributed by atoms with van der Waals surface area (Å²) in [6, 6.07) is 7.74. The van der Waals surface area contributed by atoms with Gasteiger partial charge in [0.2, 0.25) is 0 Å². The van der Waals surface area contributed by atoms with Gasteiger partial charge in [-0.1, -0.05) is 23.7 Å². The van der Waals surface area contributed by atoms with Crippen LogP contribution in [0.5, 0.6) is 0 Å². The molecule has 3 nitrogen and oxygen atoms in total. The van der Waals surface area contributed by atoms with E-state index in [-0.39, 0.29) is 0 Å². The molecule has 1 aromatic carbocycles. The molecular weight excluding hydrogens is 222 g/mol. The molecule has 0 bridgehead atoms. The number of hydrogen-bond acceptors (Lipinski definition) is 3. The minimum absolute atomic E-state index is 0.695. The summed E-state index contributed by atoms with van der Waals surface area (Å²) in [5.41, 5.74) is 2.02. The zero-order valence-corrected chi connectivity index (χ0v) is 9.70. The summed E-state index contributed by atoms with van der Waals surface area (Å²) in [4.78, 5) is 8.37. The van der Waals surface area contributed by atoms with Gasteiger partial charge in [-0.15, -0.1) is 0 Å². The standard InChI is InChI=1S/C12H12ClN3/c1-9-12(15-6-5-14-9)16-8-10-3-2-4-11(13)7-10/h2-7H,8H2,1H3,(H,15,16). The molecule has 0 fully saturated rings. The second kappa shape index (κ2) is 4.94. The van der Waals surface area contributed by atoms with Gasteiger partial charge in [-0.25, -0.2) is 4.98 Å². The molecule has 0 amide bonds. The van der Waals surface area contributed by atoms with Crippen molar-refractivity contribution in [2.45, 2.75) is 13.5 Å². The lowest BCUT2D eigenvalue weighted by atomic mass is 10.2. The molecule has 1 N–H and O–H groups in total. The Morgan fingerprint density at radius 1 is 1.25 bits per heavy atom. The lowest BCUT2D eigenvalue weighted by Crippen LogP contribution is -2.03. The van der Waals surface area contributed by atoms with E-state index in [4.69, 9.17) is 11.6 Å². The minimum Gasteiger partial charge on any atom is -0.364 e. The molecule has 0 atom stereocenters. The molecule has 0 unspecified atom stereocenters. The third-order valence-corrected chi connectivity index (χ3v) is 2.47. The topological polar surface area (TPSA) is 37.8 Å². The van der Waals surface area contributed by atoms with E-state index in [0.29, 0.717) is 6.54 Å². The number of aromatic nitrogens is 2.